The lowest BCUT2D eigenvalue weighted by Crippen LogP contribution is -2.54. The molecule has 0 radical (unpaired) electrons. The van der Waals surface area contributed by atoms with E-state index >= 15 is 0 Å². The number of benzene rings is 1. The highest BCUT2D eigenvalue weighted by Crippen LogP contribution is 2.43. The summed E-state index contributed by atoms with van der Waals surface area (Å²) in [5, 5.41) is 9.20. The van der Waals surface area contributed by atoms with Gasteiger partial charge in [0, 0.05) is 45.1 Å². The van der Waals surface area contributed by atoms with Crippen LogP contribution < -0.4 is 0 Å². The fraction of sp³-hybridized carbons (Fsp3) is 0.652. The minimum Gasteiger partial charge on any atom is -0.465 e. The Kier molecular flexibility index (Phi) is 5.32. The maximum atomic E-state index is 12.1. The molecule has 1 aromatic carbocycles. The highest BCUT2D eigenvalue weighted by Gasteiger charge is 2.43. The second-order valence-corrected chi connectivity index (χ2v) is 9.67. The Labute approximate surface area is 173 Å². The van der Waals surface area contributed by atoms with E-state index in [0.717, 1.165) is 58.4 Å². The average Bonchev–Trinajstić information content (AvgIpc) is 2.70. The molecule has 2 fully saturated rings. The van der Waals surface area contributed by atoms with E-state index < -0.39 is 6.09 Å². The molecule has 1 spiro atoms. The molecule has 0 saturated carbocycles. The maximum Gasteiger partial charge on any atom is 0.407 e. The Morgan fingerprint density at radius 2 is 1.66 bits per heavy atom. The van der Waals surface area contributed by atoms with Gasteiger partial charge in [0.1, 0.15) is 0 Å². The summed E-state index contributed by atoms with van der Waals surface area (Å²) < 4.78 is 0. The summed E-state index contributed by atoms with van der Waals surface area (Å²) in [6, 6.07) is 8.66. The van der Waals surface area contributed by atoms with Crippen molar-refractivity contribution in [2.75, 3.05) is 39.3 Å². The number of nitrogens with zero attached hydrogens (tertiary/aromatic N) is 3. The number of hydrogen-bond donors (Lipinski definition) is 1. The van der Waals surface area contributed by atoms with E-state index in [9.17, 15) is 14.7 Å². The molecule has 0 unspecified atom stereocenters. The molecular weight excluding hydrogens is 366 g/mol. The Morgan fingerprint density at radius 3 is 2.28 bits per heavy atom. The van der Waals surface area contributed by atoms with E-state index in [1.807, 2.05) is 4.90 Å². The van der Waals surface area contributed by atoms with Gasteiger partial charge in [-0.2, -0.15) is 0 Å². The molecule has 3 aliphatic heterocycles. The Morgan fingerprint density at radius 1 is 1.00 bits per heavy atom. The smallest absolute Gasteiger partial charge is 0.407 e. The highest BCUT2D eigenvalue weighted by atomic mass is 16.4. The number of likely N-dealkylation sites (tertiary alicyclic amines) is 2. The average molecular weight is 400 g/mol. The van der Waals surface area contributed by atoms with Crippen LogP contribution in [0.25, 0.3) is 0 Å². The molecule has 0 aliphatic carbocycles. The molecule has 2 saturated heterocycles. The number of hydrogen-bond acceptors (Lipinski definition) is 3. The number of amides is 2. The van der Waals surface area contributed by atoms with Gasteiger partial charge in [-0.1, -0.05) is 31.2 Å². The van der Waals surface area contributed by atoms with Crippen LogP contribution in [0.5, 0.6) is 0 Å². The zero-order chi connectivity index (χ0) is 20.6. The summed E-state index contributed by atoms with van der Waals surface area (Å²) in [5.41, 5.74) is 3.00. The predicted octanol–water partition coefficient (Wildman–Crippen LogP) is 3.16. The van der Waals surface area contributed by atoms with Crippen LogP contribution in [0.15, 0.2) is 24.3 Å². The molecule has 6 nitrogen and oxygen atoms in total. The summed E-state index contributed by atoms with van der Waals surface area (Å²) in [5.74, 6) is 0.166. The second-order valence-electron chi connectivity index (χ2n) is 9.67. The molecule has 0 atom stereocenters. The van der Waals surface area contributed by atoms with Crippen LogP contribution in [-0.4, -0.2) is 71.1 Å². The first kappa shape index (κ1) is 20.2. The largest absolute Gasteiger partial charge is 0.465 e. The topological polar surface area (TPSA) is 64.1 Å². The van der Waals surface area contributed by atoms with E-state index in [1.54, 1.807) is 11.8 Å². The van der Waals surface area contributed by atoms with Gasteiger partial charge < -0.3 is 19.8 Å². The molecule has 6 heteroatoms. The first-order valence-corrected chi connectivity index (χ1v) is 10.8. The van der Waals surface area contributed by atoms with Gasteiger partial charge in [0.15, 0.2) is 0 Å². The van der Waals surface area contributed by atoms with Crippen LogP contribution in [-0.2, 0) is 16.8 Å². The molecule has 2 amide bonds. The molecule has 3 heterocycles. The van der Waals surface area contributed by atoms with Crippen molar-refractivity contribution < 1.29 is 14.7 Å². The summed E-state index contributed by atoms with van der Waals surface area (Å²) in [6.45, 7) is 9.96. The number of carbonyl (C=O) groups excluding carboxylic acids is 1. The first-order chi connectivity index (χ1) is 13.8. The fourth-order valence-corrected chi connectivity index (χ4v) is 5.61. The molecule has 0 aromatic heterocycles. The van der Waals surface area contributed by atoms with Crippen molar-refractivity contribution in [2.45, 2.75) is 51.5 Å². The standard InChI is InChI=1S/C23H33N3O3/c1-18(27)26-15-19-5-3-4-6-20(19)23(17-26)9-11-24(12-10-23)16-22(2)7-13-25(14-8-22)21(28)29/h3-6H,7-17H2,1-2H3,(H,28,29). The molecule has 158 valence electrons. The van der Waals surface area contributed by atoms with Crippen LogP contribution in [0.4, 0.5) is 4.79 Å². The van der Waals surface area contributed by atoms with Crippen LogP contribution >= 0.6 is 0 Å². The van der Waals surface area contributed by atoms with E-state index in [0.29, 0.717) is 13.1 Å². The number of carbonyl (C=O) groups is 2. The molecule has 29 heavy (non-hydrogen) atoms. The first-order valence-electron chi connectivity index (χ1n) is 10.8. The maximum absolute atomic E-state index is 12.1. The van der Waals surface area contributed by atoms with Crippen LogP contribution in [0.3, 0.4) is 0 Å². The summed E-state index contributed by atoms with van der Waals surface area (Å²) in [6.07, 6.45) is 3.22. The number of piperidine rings is 2. The van der Waals surface area contributed by atoms with Gasteiger partial charge in [-0.15, -0.1) is 0 Å². The molecule has 4 rings (SSSR count). The minimum atomic E-state index is -0.794. The Hall–Kier alpha value is -2.08. The van der Waals surface area contributed by atoms with Crippen molar-refractivity contribution >= 4 is 12.0 Å². The highest BCUT2D eigenvalue weighted by molar-refractivity contribution is 5.74. The lowest BCUT2D eigenvalue weighted by Gasteiger charge is -2.50. The van der Waals surface area contributed by atoms with Gasteiger partial charge in [-0.05, 0) is 55.3 Å². The minimum absolute atomic E-state index is 0.0740. The number of rotatable bonds is 2. The van der Waals surface area contributed by atoms with Crippen molar-refractivity contribution in [3.8, 4) is 0 Å². The lowest BCUT2D eigenvalue weighted by atomic mass is 9.68. The van der Waals surface area contributed by atoms with Crippen molar-refractivity contribution in [1.82, 2.24) is 14.7 Å². The molecule has 0 bridgehead atoms. The molecule has 3 aliphatic rings. The van der Waals surface area contributed by atoms with E-state index in [2.05, 4.69) is 36.1 Å². The molecule has 1 N–H and O–H groups in total. The Bertz CT molecular complexity index is 777. The normalized spacial score (nSPS) is 23.7. The third kappa shape index (κ3) is 4.00. The SMILES string of the molecule is CC(=O)N1Cc2ccccc2C2(CCN(CC3(C)CCN(C(=O)O)CC3)CC2)C1. The molecular formula is C23H33N3O3. The Balaban J connectivity index is 1.42. The van der Waals surface area contributed by atoms with Gasteiger partial charge in [-0.25, -0.2) is 4.79 Å². The van der Waals surface area contributed by atoms with Crippen LogP contribution in [0.2, 0.25) is 0 Å². The van der Waals surface area contributed by atoms with Crippen molar-refractivity contribution in [2.24, 2.45) is 5.41 Å². The van der Waals surface area contributed by atoms with Crippen molar-refractivity contribution in [1.29, 1.82) is 0 Å². The quantitative estimate of drug-likeness (QED) is 0.830. The zero-order valence-corrected chi connectivity index (χ0v) is 17.7. The van der Waals surface area contributed by atoms with Gasteiger partial charge in [-0.3, -0.25) is 4.79 Å². The zero-order valence-electron chi connectivity index (χ0n) is 17.7. The van der Waals surface area contributed by atoms with Gasteiger partial charge in [0.2, 0.25) is 5.91 Å². The second kappa shape index (κ2) is 7.63. The van der Waals surface area contributed by atoms with Gasteiger partial charge in [0.25, 0.3) is 0 Å². The van der Waals surface area contributed by atoms with Crippen molar-refractivity contribution in [3.05, 3.63) is 35.4 Å². The third-order valence-corrected chi connectivity index (χ3v) is 7.55. The van der Waals surface area contributed by atoms with Crippen LogP contribution in [0, 0.1) is 5.41 Å². The third-order valence-electron chi connectivity index (χ3n) is 7.55. The number of carboxylic acid groups (broad SMARTS) is 1. The molecule has 1 aromatic rings. The summed E-state index contributed by atoms with van der Waals surface area (Å²) in [7, 11) is 0. The number of fused-ring (bicyclic) bond motifs is 2. The van der Waals surface area contributed by atoms with E-state index in [1.165, 1.54) is 11.1 Å². The summed E-state index contributed by atoms with van der Waals surface area (Å²) >= 11 is 0. The van der Waals surface area contributed by atoms with E-state index in [4.69, 9.17) is 0 Å². The van der Waals surface area contributed by atoms with Crippen LogP contribution in [0.1, 0.15) is 50.7 Å². The summed E-state index contributed by atoms with van der Waals surface area (Å²) in [4.78, 5) is 29.5. The van der Waals surface area contributed by atoms with Crippen molar-refractivity contribution in [3.63, 3.8) is 0 Å². The monoisotopic (exact) mass is 399 g/mol. The lowest BCUT2D eigenvalue weighted by molar-refractivity contribution is -0.131. The fourth-order valence-electron chi connectivity index (χ4n) is 5.61. The van der Waals surface area contributed by atoms with Gasteiger partial charge in [0.05, 0.1) is 0 Å². The predicted molar refractivity (Wildman–Crippen MR) is 112 cm³/mol. The van der Waals surface area contributed by atoms with E-state index in [-0.39, 0.29) is 16.7 Å². The van der Waals surface area contributed by atoms with Gasteiger partial charge >= 0.3 is 6.09 Å².